The fourth-order valence-electron chi connectivity index (χ4n) is 5.94. The molecular formula is C37H38N4O3S. The number of likely N-dealkylation sites (tertiary alicyclic amines) is 1. The Morgan fingerprint density at radius 2 is 1.40 bits per heavy atom. The molecule has 2 amide bonds. The van der Waals surface area contributed by atoms with E-state index in [1.807, 2.05) is 68.4 Å². The maximum atomic E-state index is 14.2. The molecule has 5 rings (SSSR count). The molecule has 0 saturated carbocycles. The fraction of sp³-hybridized carbons (Fsp3) is 0.270. The SMILES string of the molecule is CC(C)(SC(c1ccccc1)(c1ccccc1)c1ccccc1)[C@H](N)C(=O)N1C[C@H](O)C[C@H]1C(=O)NCc1ccc(C#N)cc1. The van der Waals surface area contributed by atoms with Gasteiger partial charge in [-0.15, -0.1) is 11.8 Å². The van der Waals surface area contributed by atoms with E-state index >= 15 is 0 Å². The number of β-amino-alcohol motifs (C(OH)–C–C–N with tert-alkyl or cyclic N) is 1. The summed E-state index contributed by atoms with van der Waals surface area (Å²) < 4.78 is -1.52. The zero-order valence-corrected chi connectivity index (χ0v) is 26.3. The van der Waals surface area contributed by atoms with E-state index in [9.17, 15) is 14.7 Å². The van der Waals surface area contributed by atoms with Crippen LogP contribution >= 0.6 is 11.8 Å². The number of aliphatic hydroxyl groups excluding tert-OH is 1. The second-order valence-corrected chi connectivity index (χ2v) is 13.8. The molecule has 230 valence electrons. The van der Waals surface area contributed by atoms with E-state index in [0.717, 1.165) is 22.3 Å². The number of nitrogens with one attached hydrogen (secondary N) is 1. The van der Waals surface area contributed by atoms with Crippen molar-refractivity contribution in [3.8, 4) is 6.07 Å². The molecule has 1 fully saturated rings. The molecular weight excluding hydrogens is 580 g/mol. The van der Waals surface area contributed by atoms with E-state index in [0.29, 0.717) is 5.56 Å². The molecule has 1 aliphatic rings. The topological polar surface area (TPSA) is 119 Å². The van der Waals surface area contributed by atoms with E-state index in [1.165, 1.54) is 4.90 Å². The second-order valence-electron chi connectivity index (χ2n) is 11.9. The summed E-state index contributed by atoms with van der Waals surface area (Å²) in [6.45, 7) is 4.20. The van der Waals surface area contributed by atoms with Gasteiger partial charge in [0.05, 0.1) is 28.5 Å². The lowest BCUT2D eigenvalue weighted by atomic mass is 9.84. The number of hydrogen-bond acceptors (Lipinski definition) is 6. The van der Waals surface area contributed by atoms with Gasteiger partial charge in [0.1, 0.15) is 6.04 Å². The van der Waals surface area contributed by atoms with Gasteiger partial charge in [-0.05, 0) is 48.2 Å². The quantitative estimate of drug-likeness (QED) is 0.216. The summed E-state index contributed by atoms with van der Waals surface area (Å²) in [5.41, 5.74) is 11.4. The lowest BCUT2D eigenvalue weighted by Crippen LogP contribution is -2.57. The number of hydrogen-bond donors (Lipinski definition) is 3. The van der Waals surface area contributed by atoms with Crippen LogP contribution in [0.1, 0.15) is 48.1 Å². The van der Waals surface area contributed by atoms with Crippen LogP contribution in [0.4, 0.5) is 0 Å². The Morgan fingerprint density at radius 3 is 1.87 bits per heavy atom. The summed E-state index contributed by atoms with van der Waals surface area (Å²) >= 11 is 1.61. The van der Waals surface area contributed by atoms with E-state index in [-0.39, 0.29) is 31.3 Å². The number of thioether (sulfide) groups is 1. The number of benzene rings is 4. The Hall–Kier alpha value is -4.42. The van der Waals surface area contributed by atoms with Gasteiger partial charge < -0.3 is 21.1 Å². The maximum absolute atomic E-state index is 14.2. The van der Waals surface area contributed by atoms with Crippen LogP contribution in [-0.4, -0.2) is 51.3 Å². The first-order valence-electron chi connectivity index (χ1n) is 15.0. The number of carbonyl (C=O) groups is 2. The first-order chi connectivity index (χ1) is 21.7. The summed E-state index contributed by atoms with van der Waals surface area (Å²) in [5, 5.41) is 22.5. The summed E-state index contributed by atoms with van der Waals surface area (Å²) in [6.07, 6.45) is -0.702. The van der Waals surface area contributed by atoms with Crippen LogP contribution < -0.4 is 11.1 Å². The smallest absolute Gasteiger partial charge is 0.243 e. The largest absolute Gasteiger partial charge is 0.391 e. The van der Waals surface area contributed by atoms with E-state index in [1.54, 1.807) is 36.0 Å². The van der Waals surface area contributed by atoms with Crippen LogP contribution in [0.5, 0.6) is 0 Å². The molecule has 0 unspecified atom stereocenters. The van der Waals surface area contributed by atoms with Crippen molar-refractivity contribution in [2.45, 2.75) is 54.5 Å². The van der Waals surface area contributed by atoms with Crippen LogP contribution in [-0.2, 0) is 20.9 Å². The van der Waals surface area contributed by atoms with Crippen molar-refractivity contribution in [2.75, 3.05) is 6.54 Å². The van der Waals surface area contributed by atoms with Gasteiger partial charge in [-0.3, -0.25) is 9.59 Å². The Kier molecular flexibility index (Phi) is 9.74. The number of rotatable bonds is 10. The number of nitrogens with zero attached hydrogens (tertiary/aromatic N) is 2. The molecule has 0 bridgehead atoms. The molecule has 45 heavy (non-hydrogen) atoms. The van der Waals surface area contributed by atoms with Gasteiger partial charge in [0.25, 0.3) is 0 Å². The summed E-state index contributed by atoms with van der Waals surface area (Å²) in [5.74, 6) is -0.736. The molecule has 1 saturated heterocycles. The van der Waals surface area contributed by atoms with Crippen LogP contribution in [0, 0.1) is 11.3 Å². The molecule has 0 spiro atoms. The van der Waals surface area contributed by atoms with Crippen molar-refractivity contribution in [1.82, 2.24) is 10.2 Å². The maximum Gasteiger partial charge on any atom is 0.243 e. The Bertz CT molecular complexity index is 1540. The van der Waals surface area contributed by atoms with E-state index in [4.69, 9.17) is 11.0 Å². The van der Waals surface area contributed by atoms with Gasteiger partial charge in [0, 0.05) is 24.3 Å². The molecule has 1 aliphatic heterocycles. The van der Waals surface area contributed by atoms with Crippen LogP contribution in [0.25, 0.3) is 0 Å². The van der Waals surface area contributed by atoms with Gasteiger partial charge in [-0.25, -0.2) is 0 Å². The van der Waals surface area contributed by atoms with Crippen LogP contribution in [0.2, 0.25) is 0 Å². The van der Waals surface area contributed by atoms with Gasteiger partial charge in [-0.1, -0.05) is 103 Å². The number of nitrogens with two attached hydrogens (primary N) is 1. The van der Waals surface area contributed by atoms with Gasteiger partial charge in [0.15, 0.2) is 0 Å². The lowest BCUT2D eigenvalue weighted by molar-refractivity contribution is -0.140. The fourth-order valence-corrected chi connectivity index (χ4v) is 7.72. The van der Waals surface area contributed by atoms with Crippen LogP contribution in [0.3, 0.4) is 0 Å². The number of amides is 2. The van der Waals surface area contributed by atoms with Gasteiger partial charge in [-0.2, -0.15) is 5.26 Å². The molecule has 8 heteroatoms. The molecule has 1 heterocycles. The number of carbonyl (C=O) groups excluding carboxylic acids is 2. The molecule has 7 nitrogen and oxygen atoms in total. The number of aliphatic hydroxyl groups is 1. The van der Waals surface area contributed by atoms with Crippen molar-refractivity contribution < 1.29 is 14.7 Å². The highest BCUT2D eigenvalue weighted by Crippen LogP contribution is 2.54. The minimum absolute atomic E-state index is 0.0312. The second kappa shape index (κ2) is 13.7. The van der Waals surface area contributed by atoms with E-state index < -0.39 is 27.7 Å². The average Bonchev–Trinajstić information content (AvgIpc) is 3.48. The molecule has 4 aromatic rings. The third-order valence-corrected chi connectivity index (χ3v) is 10.2. The first-order valence-corrected chi connectivity index (χ1v) is 15.8. The highest BCUT2D eigenvalue weighted by atomic mass is 32.2. The normalized spacial score (nSPS) is 17.4. The predicted octanol–water partition coefficient (Wildman–Crippen LogP) is 4.97. The van der Waals surface area contributed by atoms with Crippen molar-refractivity contribution in [2.24, 2.45) is 5.73 Å². The van der Waals surface area contributed by atoms with Crippen LogP contribution in [0.15, 0.2) is 115 Å². The summed E-state index contributed by atoms with van der Waals surface area (Å²) in [6, 6.07) is 37.8. The minimum atomic E-state index is -0.989. The summed E-state index contributed by atoms with van der Waals surface area (Å²) in [7, 11) is 0. The molecule has 0 radical (unpaired) electrons. The minimum Gasteiger partial charge on any atom is -0.391 e. The van der Waals surface area contributed by atoms with Crippen molar-refractivity contribution in [3.05, 3.63) is 143 Å². The number of nitriles is 1. The highest BCUT2D eigenvalue weighted by Gasteiger charge is 2.48. The monoisotopic (exact) mass is 618 g/mol. The molecule has 0 aromatic heterocycles. The van der Waals surface area contributed by atoms with Gasteiger partial charge >= 0.3 is 0 Å². The first kappa shape index (κ1) is 32.0. The third kappa shape index (κ3) is 6.81. The van der Waals surface area contributed by atoms with Crippen molar-refractivity contribution in [1.29, 1.82) is 5.26 Å². The van der Waals surface area contributed by atoms with Crippen molar-refractivity contribution >= 4 is 23.6 Å². The Balaban J connectivity index is 1.43. The highest BCUT2D eigenvalue weighted by molar-refractivity contribution is 8.02. The Morgan fingerprint density at radius 1 is 0.911 bits per heavy atom. The van der Waals surface area contributed by atoms with Gasteiger partial charge in [0.2, 0.25) is 11.8 Å². The average molecular weight is 619 g/mol. The zero-order chi connectivity index (χ0) is 32.0. The molecule has 0 aliphatic carbocycles. The lowest BCUT2D eigenvalue weighted by Gasteiger charge is -2.44. The molecule has 4 N–H and O–H groups in total. The molecule has 4 aromatic carbocycles. The predicted molar refractivity (Wildman–Crippen MR) is 178 cm³/mol. The van der Waals surface area contributed by atoms with Crippen molar-refractivity contribution in [3.63, 3.8) is 0 Å². The standard InChI is InChI=1S/C37H38N4O3S/c1-36(2,45-37(28-12-6-3-7-13-28,29-14-8-4-9-15-29)30-16-10-5-11-17-30)33(39)35(44)41-25-31(42)22-32(41)34(43)40-24-27-20-18-26(23-38)19-21-27/h3-21,31-33,42H,22,24-25,39H2,1-2H3,(H,40,43)/t31-,32+,33-/m1/s1. The zero-order valence-electron chi connectivity index (χ0n) is 25.5. The molecule has 3 atom stereocenters. The van der Waals surface area contributed by atoms with E-state index in [2.05, 4.69) is 47.8 Å². The Labute approximate surface area is 269 Å². The third-order valence-electron chi connectivity index (χ3n) is 8.39. The summed E-state index contributed by atoms with van der Waals surface area (Å²) in [4.78, 5) is 28.9.